The van der Waals surface area contributed by atoms with Crippen molar-refractivity contribution in [1.82, 2.24) is 0 Å². The predicted molar refractivity (Wildman–Crippen MR) is 62.2 cm³/mol. The van der Waals surface area contributed by atoms with Gasteiger partial charge in [0, 0.05) is 18.7 Å². The highest BCUT2D eigenvalue weighted by Gasteiger charge is 2.15. The van der Waals surface area contributed by atoms with E-state index in [0.29, 0.717) is 31.1 Å². The maximum atomic E-state index is 13.3. The molecular weight excluding hydrogens is 229 g/mol. The fourth-order valence-electron chi connectivity index (χ4n) is 1.54. The second-order valence-corrected chi connectivity index (χ2v) is 4.37. The third kappa shape index (κ3) is 3.63. The molecule has 3 N–H and O–H groups in total. The summed E-state index contributed by atoms with van der Waals surface area (Å²) in [4.78, 5) is 0. The van der Waals surface area contributed by atoms with Gasteiger partial charge in [0.1, 0.15) is 11.5 Å². The van der Waals surface area contributed by atoms with Crippen LogP contribution in [0.4, 0.5) is 18.9 Å². The molecule has 1 unspecified atom stereocenters. The number of halogens is 3. The zero-order valence-corrected chi connectivity index (χ0v) is 9.93. The Labute approximate surface area is 99.0 Å². The molecule has 1 rings (SSSR count). The zero-order valence-electron chi connectivity index (χ0n) is 9.93. The topological polar surface area (TPSA) is 38.0 Å². The van der Waals surface area contributed by atoms with E-state index in [4.69, 9.17) is 5.73 Å². The van der Waals surface area contributed by atoms with Gasteiger partial charge in [0.25, 0.3) is 0 Å². The van der Waals surface area contributed by atoms with Gasteiger partial charge in [-0.25, -0.2) is 13.2 Å². The lowest BCUT2D eigenvalue weighted by Gasteiger charge is -2.20. The Kier molecular flexibility index (Phi) is 4.81. The number of nitrogens with two attached hydrogens (primary N) is 1. The number of anilines is 1. The number of hydrogen-bond donors (Lipinski definition) is 2. The minimum Gasteiger partial charge on any atom is -0.380 e. The van der Waals surface area contributed by atoms with Crippen molar-refractivity contribution in [3.63, 3.8) is 0 Å². The van der Waals surface area contributed by atoms with Crippen LogP contribution in [0.1, 0.15) is 13.8 Å². The SMILES string of the molecule is CC(C)C(CN)CNc1c(F)cc(F)cc1F. The van der Waals surface area contributed by atoms with E-state index in [2.05, 4.69) is 5.32 Å². The molecule has 0 aliphatic rings. The second-order valence-electron chi connectivity index (χ2n) is 4.37. The highest BCUT2D eigenvalue weighted by molar-refractivity contribution is 5.46. The largest absolute Gasteiger partial charge is 0.380 e. The molecule has 0 heterocycles. The number of hydrogen-bond acceptors (Lipinski definition) is 2. The van der Waals surface area contributed by atoms with Crippen molar-refractivity contribution in [2.75, 3.05) is 18.4 Å². The maximum absolute atomic E-state index is 13.3. The Morgan fingerprint density at radius 1 is 1.18 bits per heavy atom. The van der Waals surface area contributed by atoms with E-state index in [1.807, 2.05) is 13.8 Å². The monoisotopic (exact) mass is 246 g/mol. The van der Waals surface area contributed by atoms with Gasteiger partial charge in [-0.1, -0.05) is 13.8 Å². The van der Waals surface area contributed by atoms with Crippen molar-refractivity contribution in [3.8, 4) is 0 Å². The van der Waals surface area contributed by atoms with Crippen LogP contribution in [0.2, 0.25) is 0 Å². The predicted octanol–water partition coefficient (Wildman–Crippen LogP) is 2.75. The van der Waals surface area contributed by atoms with Gasteiger partial charge >= 0.3 is 0 Å². The summed E-state index contributed by atoms with van der Waals surface area (Å²) in [6, 6.07) is 1.30. The van der Waals surface area contributed by atoms with Gasteiger partial charge in [-0.15, -0.1) is 0 Å². The van der Waals surface area contributed by atoms with E-state index in [-0.39, 0.29) is 11.6 Å². The first-order chi connectivity index (χ1) is 7.95. The van der Waals surface area contributed by atoms with Crippen LogP contribution in [-0.4, -0.2) is 13.1 Å². The summed E-state index contributed by atoms with van der Waals surface area (Å²) in [5.41, 5.74) is 5.25. The van der Waals surface area contributed by atoms with E-state index in [1.165, 1.54) is 0 Å². The first kappa shape index (κ1) is 13.8. The van der Waals surface area contributed by atoms with E-state index in [1.54, 1.807) is 0 Å². The Balaban J connectivity index is 2.75. The van der Waals surface area contributed by atoms with Crippen LogP contribution in [0.3, 0.4) is 0 Å². The summed E-state index contributed by atoms with van der Waals surface area (Å²) in [7, 11) is 0. The number of nitrogens with one attached hydrogen (secondary N) is 1. The van der Waals surface area contributed by atoms with Gasteiger partial charge < -0.3 is 11.1 Å². The molecule has 17 heavy (non-hydrogen) atoms. The summed E-state index contributed by atoms with van der Waals surface area (Å²) < 4.78 is 39.3. The molecule has 96 valence electrons. The van der Waals surface area contributed by atoms with Gasteiger partial charge in [0.05, 0.1) is 0 Å². The molecule has 0 aliphatic carbocycles. The fraction of sp³-hybridized carbons (Fsp3) is 0.500. The summed E-state index contributed by atoms with van der Waals surface area (Å²) in [6.07, 6.45) is 0. The summed E-state index contributed by atoms with van der Waals surface area (Å²) >= 11 is 0. The lowest BCUT2D eigenvalue weighted by molar-refractivity contribution is 0.411. The van der Waals surface area contributed by atoms with Crippen LogP contribution < -0.4 is 11.1 Å². The van der Waals surface area contributed by atoms with Gasteiger partial charge in [-0.3, -0.25) is 0 Å². The fourth-order valence-corrected chi connectivity index (χ4v) is 1.54. The molecule has 1 aromatic carbocycles. The second kappa shape index (κ2) is 5.91. The smallest absolute Gasteiger partial charge is 0.152 e. The molecule has 0 spiro atoms. The lowest BCUT2D eigenvalue weighted by Crippen LogP contribution is -2.27. The van der Waals surface area contributed by atoms with E-state index in [9.17, 15) is 13.2 Å². The third-order valence-corrected chi connectivity index (χ3v) is 2.79. The van der Waals surface area contributed by atoms with Gasteiger partial charge in [0.15, 0.2) is 11.6 Å². The first-order valence-electron chi connectivity index (χ1n) is 5.54. The number of rotatable bonds is 5. The minimum atomic E-state index is -0.929. The standard InChI is InChI=1S/C12H17F3N2/c1-7(2)8(5-16)6-17-12-10(14)3-9(13)4-11(12)15/h3-4,7-8,17H,5-6,16H2,1-2H3. The summed E-state index contributed by atoms with van der Waals surface area (Å²) in [5, 5.41) is 2.64. The van der Waals surface area contributed by atoms with Crippen LogP contribution in [0.5, 0.6) is 0 Å². The van der Waals surface area contributed by atoms with Crippen LogP contribution in [0.25, 0.3) is 0 Å². The molecule has 0 bridgehead atoms. The van der Waals surface area contributed by atoms with Crippen molar-refractivity contribution in [2.45, 2.75) is 13.8 Å². The molecule has 2 nitrogen and oxygen atoms in total. The van der Waals surface area contributed by atoms with E-state index >= 15 is 0 Å². The molecule has 0 aliphatic heterocycles. The summed E-state index contributed by atoms with van der Waals surface area (Å²) in [6.45, 7) is 4.75. The van der Waals surface area contributed by atoms with Crippen molar-refractivity contribution in [2.24, 2.45) is 17.6 Å². The maximum Gasteiger partial charge on any atom is 0.152 e. The Bertz CT molecular complexity index is 357. The molecule has 0 amide bonds. The molecule has 0 aromatic heterocycles. The number of benzene rings is 1. The Hall–Kier alpha value is -1.23. The summed E-state index contributed by atoms with van der Waals surface area (Å²) in [5.74, 6) is -2.37. The van der Waals surface area contributed by atoms with Crippen LogP contribution in [0.15, 0.2) is 12.1 Å². The molecular formula is C12H17F3N2. The van der Waals surface area contributed by atoms with E-state index < -0.39 is 17.5 Å². The van der Waals surface area contributed by atoms with E-state index in [0.717, 1.165) is 0 Å². The van der Waals surface area contributed by atoms with Crippen molar-refractivity contribution < 1.29 is 13.2 Å². The highest BCUT2D eigenvalue weighted by atomic mass is 19.1. The molecule has 1 atom stereocenters. The van der Waals surface area contributed by atoms with Crippen LogP contribution in [-0.2, 0) is 0 Å². The highest BCUT2D eigenvalue weighted by Crippen LogP contribution is 2.21. The van der Waals surface area contributed by atoms with Crippen LogP contribution >= 0.6 is 0 Å². The van der Waals surface area contributed by atoms with Gasteiger partial charge in [0.2, 0.25) is 0 Å². The van der Waals surface area contributed by atoms with Gasteiger partial charge in [-0.05, 0) is 18.4 Å². The molecule has 0 saturated carbocycles. The van der Waals surface area contributed by atoms with Crippen molar-refractivity contribution in [3.05, 3.63) is 29.6 Å². The average Bonchev–Trinajstić information content (AvgIpc) is 2.21. The minimum absolute atomic E-state index is 0.110. The molecule has 0 radical (unpaired) electrons. The lowest BCUT2D eigenvalue weighted by atomic mass is 9.96. The zero-order chi connectivity index (χ0) is 13.0. The Morgan fingerprint density at radius 3 is 2.12 bits per heavy atom. The molecule has 5 heteroatoms. The third-order valence-electron chi connectivity index (χ3n) is 2.79. The Morgan fingerprint density at radius 2 is 1.71 bits per heavy atom. The van der Waals surface area contributed by atoms with Crippen molar-refractivity contribution in [1.29, 1.82) is 0 Å². The molecule has 0 fully saturated rings. The van der Waals surface area contributed by atoms with Gasteiger partial charge in [-0.2, -0.15) is 0 Å². The normalized spacial score (nSPS) is 12.9. The van der Waals surface area contributed by atoms with Crippen molar-refractivity contribution >= 4 is 5.69 Å². The average molecular weight is 246 g/mol. The molecule has 1 aromatic rings. The quantitative estimate of drug-likeness (QED) is 0.838. The molecule has 0 saturated heterocycles. The van der Waals surface area contributed by atoms with Crippen LogP contribution in [0, 0.1) is 29.3 Å². The first-order valence-corrected chi connectivity index (χ1v) is 5.54.